The second-order valence-electron chi connectivity index (χ2n) is 5.61. The lowest BCUT2D eigenvalue weighted by atomic mass is 9.91. The monoisotopic (exact) mass is 286 g/mol. The molecule has 4 rings (SSSR count). The topological polar surface area (TPSA) is 37.3 Å². The Morgan fingerprint density at radius 1 is 0.864 bits per heavy atom. The van der Waals surface area contributed by atoms with Crippen LogP contribution in [-0.2, 0) is 4.79 Å². The van der Waals surface area contributed by atoms with E-state index in [1.54, 1.807) is 0 Å². The normalized spacial score (nSPS) is 12.5. The number of ketones is 1. The van der Waals surface area contributed by atoms with Gasteiger partial charge in [-0.25, -0.2) is 0 Å². The summed E-state index contributed by atoms with van der Waals surface area (Å²) >= 11 is 0. The number of rotatable bonds is 2. The van der Waals surface area contributed by atoms with Gasteiger partial charge in [0.25, 0.3) is 0 Å². The van der Waals surface area contributed by atoms with Gasteiger partial charge in [-0.05, 0) is 39.2 Å². The lowest BCUT2D eigenvalue weighted by molar-refractivity contribution is -0.112. The third kappa shape index (κ3) is 1.77. The van der Waals surface area contributed by atoms with Crippen LogP contribution in [0.2, 0.25) is 0 Å². The Balaban J connectivity index is 2.20. The molecule has 0 amide bonds. The Morgan fingerprint density at radius 2 is 1.45 bits per heavy atom. The first kappa shape index (κ1) is 12.8. The van der Waals surface area contributed by atoms with E-state index in [9.17, 15) is 9.90 Å². The molecule has 0 saturated carbocycles. The van der Waals surface area contributed by atoms with E-state index in [-0.39, 0.29) is 11.5 Å². The molecule has 4 aromatic rings. The van der Waals surface area contributed by atoms with Crippen molar-refractivity contribution in [1.82, 2.24) is 0 Å². The van der Waals surface area contributed by atoms with Gasteiger partial charge in [-0.15, -0.1) is 0 Å². The Kier molecular flexibility index (Phi) is 2.67. The van der Waals surface area contributed by atoms with E-state index >= 15 is 0 Å². The summed E-state index contributed by atoms with van der Waals surface area (Å²) in [5, 5.41) is 17.1. The van der Waals surface area contributed by atoms with Crippen molar-refractivity contribution in [2.24, 2.45) is 0 Å². The van der Waals surface area contributed by atoms with Gasteiger partial charge in [-0.2, -0.15) is 0 Å². The van der Waals surface area contributed by atoms with E-state index in [0.29, 0.717) is 5.56 Å². The molecule has 0 atom stereocenters. The molecular formula is C20H14O2. The van der Waals surface area contributed by atoms with Gasteiger partial charge in [0.2, 0.25) is 0 Å². The SMILES string of the molecule is CC(=O)/C=C(/O)c1ccc2ccc3cccc4ccc1c2c34. The van der Waals surface area contributed by atoms with Gasteiger partial charge >= 0.3 is 0 Å². The maximum atomic E-state index is 11.3. The Bertz CT molecular complexity index is 1040. The summed E-state index contributed by atoms with van der Waals surface area (Å²) in [6.45, 7) is 1.44. The molecule has 0 aromatic heterocycles. The van der Waals surface area contributed by atoms with Crippen LogP contribution in [0.15, 0.2) is 60.7 Å². The van der Waals surface area contributed by atoms with Crippen LogP contribution in [0.4, 0.5) is 0 Å². The largest absolute Gasteiger partial charge is 0.507 e. The van der Waals surface area contributed by atoms with Crippen LogP contribution in [-0.4, -0.2) is 10.9 Å². The van der Waals surface area contributed by atoms with Crippen molar-refractivity contribution in [1.29, 1.82) is 0 Å². The molecule has 0 radical (unpaired) electrons. The molecule has 0 unspecified atom stereocenters. The average molecular weight is 286 g/mol. The highest BCUT2D eigenvalue weighted by molar-refractivity contribution is 6.24. The molecule has 0 aliphatic rings. The van der Waals surface area contributed by atoms with Crippen molar-refractivity contribution in [3.05, 3.63) is 66.2 Å². The highest BCUT2D eigenvalue weighted by atomic mass is 16.3. The van der Waals surface area contributed by atoms with Crippen LogP contribution in [0.3, 0.4) is 0 Å². The number of aliphatic hydroxyl groups is 1. The minimum absolute atomic E-state index is 0.0189. The molecule has 2 heteroatoms. The molecule has 22 heavy (non-hydrogen) atoms. The number of hydrogen-bond donors (Lipinski definition) is 1. The molecule has 4 aromatic carbocycles. The zero-order valence-corrected chi connectivity index (χ0v) is 12.1. The lowest BCUT2D eigenvalue weighted by Crippen LogP contribution is -1.92. The molecule has 0 bridgehead atoms. The van der Waals surface area contributed by atoms with Gasteiger partial charge in [-0.1, -0.05) is 54.6 Å². The van der Waals surface area contributed by atoms with Crippen LogP contribution >= 0.6 is 0 Å². The van der Waals surface area contributed by atoms with Gasteiger partial charge in [0, 0.05) is 11.6 Å². The summed E-state index contributed by atoms with van der Waals surface area (Å²) in [7, 11) is 0. The van der Waals surface area contributed by atoms with Crippen molar-refractivity contribution in [2.45, 2.75) is 6.92 Å². The van der Waals surface area contributed by atoms with E-state index in [1.807, 2.05) is 18.2 Å². The molecule has 0 fully saturated rings. The van der Waals surface area contributed by atoms with E-state index in [2.05, 4.69) is 36.4 Å². The zero-order chi connectivity index (χ0) is 15.3. The van der Waals surface area contributed by atoms with E-state index in [4.69, 9.17) is 0 Å². The van der Waals surface area contributed by atoms with Crippen LogP contribution < -0.4 is 0 Å². The molecule has 0 heterocycles. The van der Waals surface area contributed by atoms with Gasteiger partial charge in [-0.3, -0.25) is 4.79 Å². The molecule has 0 spiro atoms. The average Bonchev–Trinajstić information content (AvgIpc) is 2.51. The molecule has 1 N–H and O–H groups in total. The lowest BCUT2D eigenvalue weighted by Gasteiger charge is -2.13. The van der Waals surface area contributed by atoms with Gasteiger partial charge in [0.05, 0.1) is 0 Å². The first-order valence-corrected chi connectivity index (χ1v) is 7.23. The number of benzene rings is 4. The Hall–Kier alpha value is -2.87. The standard InChI is InChI=1S/C20H14O2/c1-12(21)11-18(22)16-9-7-15-6-5-13-3-2-4-14-8-10-17(16)20(15)19(13)14/h2-11,22H,1H3/b18-11+. The number of carbonyl (C=O) groups excluding carboxylic acids is 1. The third-order valence-electron chi connectivity index (χ3n) is 4.14. The van der Waals surface area contributed by atoms with Crippen LogP contribution in [0.1, 0.15) is 12.5 Å². The van der Waals surface area contributed by atoms with Crippen LogP contribution in [0.25, 0.3) is 38.1 Å². The van der Waals surface area contributed by atoms with Gasteiger partial charge in [0.1, 0.15) is 5.76 Å². The maximum absolute atomic E-state index is 11.3. The third-order valence-corrected chi connectivity index (χ3v) is 4.14. The summed E-state index contributed by atoms with van der Waals surface area (Å²) in [6.07, 6.45) is 1.27. The number of carbonyl (C=O) groups is 1. The summed E-state index contributed by atoms with van der Waals surface area (Å²) < 4.78 is 0. The number of allylic oxidation sites excluding steroid dienone is 1. The summed E-state index contributed by atoms with van der Waals surface area (Å²) in [6, 6.07) is 18.4. The minimum atomic E-state index is -0.164. The highest BCUT2D eigenvalue weighted by Gasteiger charge is 2.12. The Morgan fingerprint density at radius 3 is 2.14 bits per heavy atom. The summed E-state index contributed by atoms with van der Waals surface area (Å²) in [4.78, 5) is 11.3. The zero-order valence-electron chi connectivity index (χ0n) is 12.1. The number of aliphatic hydroxyl groups excluding tert-OH is 1. The predicted octanol–water partition coefficient (Wildman–Crippen LogP) is 5.07. The fourth-order valence-electron chi connectivity index (χ4n) is 3.23. The second kappa shape index (κ2) is 4.57. The van der Waals surface area contributed by atoms with Crippen molar-refractivity contribution in [3.8, 4) is 0 Å². The Labute approximate surface area is 127 Å². The van der Waals surface area contributed by atoms with Gasteiger partial charge in [0.15, 0.2) is 5.78 Å². The molecule has 2 nitrogen and oxygen atoms in total. The molecule has 0 aliphatic carbocycles. The summed E-state index contributed by atoms with van der Waals surface area (Å²) in [5.41, 5.74) is 0.695. The quantitative estimate of drug-likeness (QED) is 0.317. The van der Waals surface area contributed by atoms with Crippen LogP contribution in [0.5, 0.6) is 0 Å². The number of hydrogen-bond acceptors (Lipinski definition) is 2. The molecule has 106 valence electrons. The predicted molar refractivity (Wildman–Crippen MR) is 91.4 cm³/mol. The van der Waals surface area contributed by atoms with Crippen molar-refractivity contribution in [3.63, 3.8) is 0 Å². The minimum Gasteiger partial charge on any atom is -0.507 e. The van der Waals surface area contributed by atoms with Crippen molar-refractivity contribution >= 4 is 43.9 Å². The van der Waals surface area contributed by atoms with Crippen molar-refractivity contribution < 1.29 is 9.90 Å². The van der Waals surface area contributed by atoms with E-state index < -0.39 is 0 Å². The van der Waals surface area contributed by atoms with Crippen LogP contribution in [0, 0.1) is 0 Å². The fourth-order valence-corrected chi connectivity index (χ4v) is 3.23. The fraction of sp³-hybridized carbons (Fsp3) is 0.0500. The first-order chi connectivity index (χ1) is 10.6. The maximum Gasteiger partial charge on any atom is 0.156 e. The van der Waals surface area contributed by atoms with E-state index in [1.165, 1.54) is 29.2 Å². The van der Waals surface area contributed by atoms with E-state index in [0.717, 1.165) is 16.2 Å². The van der Waals surface area contributed by atoms with Gasteiger partial charge < -0.3 is 5.11 Å². The summed E-state index contributed by atoms with van der Waals surface area (Å²) in [5.74, 6) is -0.145. The highest BCUT2D eigenvalue weighted by Crippen LogP contribution is 2.37. The second-order valence-corrected chi connectivity index (χ2v) is 5.61. The molecule has 0 aliphatic heterocycles. The van der Waals surface area contributed by atoms with Crippen molar-refractivity contribution in [2.75, 3.05) is 0 Å². The first-order valence-electron chi connectivity index (χ1n) is 7.23. The smallest absolute Gasteiger partial charge is 0.156 e. The molecule has 0 saturated heterocycles. The molecular weight excluding hydrogens is 272 g/mol.